The molecule has 1 fully saturated rings. The maximum atomic E-state index is 11.9. The molecule has 9 nitrogen and oxygen atoms in total. The minimum absolute atomic E-state index is 0.0139. The van der Waals surface area contributed by atoms with Gasteiger partial charge in [-0.3, -0.25) is 14.3 Å². The second-order valence-electron chi connectivity index (χ2n) is 6.73. The first-order chi connectivity index (χ1) is 11.1. The summed E-state index contributed by atoms with van der Waals surface area (Å²) in [5.41, 5.74) is 4.82. The van der Waals surface area contributed by atoms with Crippen LogP contribution in [0.15, 0.2) is 15.8 Å². The highest BCUT2D eigenvalue weighted by molar-refractivity contribution is 7.33. The molecular weight excluding hydrogens is 337 g/mol. The molecule has 4 atom stereocenters. The quantitative estimate of drug-likeness (QED) is 0.749. The van der Waals surface area contributed by atoms with Crippen molar-refractivity contribution in [2.45, 2.75) is 58.1 Å². The van der Waals surface area contributed by atoms with E-state index in [2.05, 4.69) is 4.98 Å². The van der Waals surface area contributed by atoms with Gasteiger partial charge in [0.25, 0.3) is 5.56 Å². The largest absolute Gasteiger partial charge is 0.698 e. The predicted octanol–water partition coefficient (Wildman–Crippen LogP) is 0.949. The van der Waals surface area contributed by atoms with Crippen LogP contribution in [0, 0.1) is 6.92 Å². The summed E-state index contributed by atoms with van der Waals surface area (Å²) in [4.78, 5) is 25.6. The summed E-state index contributed by atoms with van der Waals surface area (Å²) in [6.07, 6.45) is 0.663. The average molecular weight is 360 g/mol. The van der Waals surface area contributed by atoms with Crippen LogP contribution in [-0.2, 0) is 18.3 Å². The summed E-state index contributed by atoms with van der Waals surface area (Å²) in [5, 5.41) is 0. The Morgan fingerprint density at radius 1 is 1.46 bits per heavy atom. The van der Waals surface area contributed by atoms with Crippen LogP contribution in [0.2, 0.25) is 0 Å². The number of aryl methyl sites for hydroxylation is 1. The van der Waals surface area contributed by atoms with Gasteiger partial charge in [0.2, 0.25) is 0 Å². The van der Waals surface area contributed by atoms with Crippen LogP contribution in [-0.4, -0.2) is 33.9 Å². The molecule has 0 aliphatic carbocycles. The number of aromatic nitrogens is 2. The van der Waals surface area contributed by atoms with Gasteiger partial charge in [-0.1, -0.05) is 0 Å². The standard InChI is InChI=1S/C14H22N3O6P/c1-8-6-17(13(19)16-12(8)18)11-5-9(15)10(22-11)7-21-24(20)23-14(2,3)4/h6,9-11H,5,7,15H2,1-4H3/p+1/t9?,10-,11-/m1/s1. The molecule has 2 rings (SSSR count). The average Bonchev–Trinajstić information content (AvgIpc) is 2.80. The lowest BCUT2D eigenvalue weighted by atomic mass is 10.1. The van der Waals surface area contributed by atoms with Crippen molar-refractivity contribution in [1.29, 1.82) is 0 Å². The lowest BCUT2D eigenvalue weighted by Gasteiger charge is -2.15. The highest BCUT2D eigenvalue weighted by Crippen LogP contribution is 2.33. The van der Waals surface area contributed by atoms with E-state index in [0.29, 0.717) is 12.0 Å². The molecule has 2 heterocycles. The van der Waals surface area contributed by atoms with Crippen LogP contribution in [0.3, 0.4) is 0 Å². The number of nitrogens with zero attached hydrogens (tertiary/aromatic N) is 1. The first kappa shape index (κ1) is 19.0. The molecule has 0 spiro atoms. The smallest absolute Gasteiger partial charge is 0.350 e. The van der Waals surface area contributed by atoms with E-state index in [1.165, 1.54) is 10.8 Å². The molecule has 3 N–H and O–H groups in total. The first-order valence-electron chi connectivity index (χ1n) is 7.59. The van der Waals surface area contributed by atoms with E-state index >= 15 is 0 Å². The predicted molar refractivity (Wildman–Crippen MR) is 87.0 cm³/mol. The van der Waals surface area contributed by atoms with Gasteiger partial charge in [-0.05, 0) is 27.7 Å². The summed E-state index contributed by atoms with van der Waals surface area (Å²) in [7, 11) is -2.29. The fourth-order valence-corrected chi connectivity index (χ4v) is 3.04. The molecule has 1 aliphatic rings. The number of aromatic amines is 1. The molecule has 0 radical (unpaired) electrons. The van der Waals surface area contributed by atoms with Crippen molar-refractivity contribution < 1.29 is 18.3 Å². The molecule has 134 valence electrons. The Morgan fingerprint density at radius 3 is 2.75 bits per heavy atom. The van der Waals surface area contributed by atoms with Gasteiger partial charge >= 0.3 is 13.9 Å². The molecule has 0 saturated carbocycles. The summed E-state index contributed by atoms with van der Waals surface area (Å²) in [5.74, 6) is 0. The zero-order valence-corrected chi connectivity index (χ0v) is 15.0. The van der Waals surface area contributed by atoms with Gasteiger partial charge in [0.15, 0.2) is 0 Å². The number of H-pyrrole nitrogens is 1. The Kier molecular flexibility index (Phi) is 5.72. The topological polar surface area (TPSA) is 126 Å². The first-order valence-corrected chi connectivity index (χ1v) is 8.69. The summed E-state index contributed by atoms with van der Waals surface area (Å²) in [6.45, 7) is 6.88. The number of ether oxygens (including phenoxy) is 1. The number of nitrogens with two attached hydrogens (primary N) is 1. The molecule has 2 unspecified atom stereocenters. The van der Waals surface area contributed by atoms with E-state index in [4.69, 9.17) is 19.5 Å². The molecule has 1 aromatic rings. The monoisotopic (exact) mass is 360 g/mol. The second kappa shape index (κ2) is 7.25. The maximum absolute atomic E-state index is 11.9. The van der Waals surface area contributed by atoms with Crippen molar-refractivity contribution >= 4 is 8.25 Å². The fraction of sp³-hybridized carbons (Fsp3) is 0.714. The lowest BCUT2D eigenvalue weighted by Crippen LogP contribution is -2.33. The van der Waals surface area contributed by atoms with Gasteiger partial charge in [-0.2, -0.15) is 0 Å². The van der Waals surface area contributed by atoms with Crippen LogP contribution in [0.4, 0.5) is 0 Å². The summed E-state index contributed by atoms with van der Waals surface area (Å²) >= 11 is 0. The molecular formula is C14H23N3O6P+. The van der Waals surface area contributed by atoms with E-state index < -0.39 is 43.5 Å². The van der Waals surface area contributed by atoms with Gasteiger partial charge in [0, 0.05) is 28.8 Å². The van der Waals surface area contributed by atoms with E-state index in [1.54, 1.807) is 27.7 Å². The van der Waals surface area contributed by atoms with Crippen molar-refractivity contribution in [2.75, 3.05) is 6.61 Å². The minimum Gasteiger partial charge on any atom is -0.350 e. The Bertz CT molecular complexity index is 722. The molecule has 1 saturated heterocycles. The Balaban J connectivity index is 2.00. The van der Waals surface area contributed by atoms with Crippen LogP contribution >= 0.6 is 8.25 Å². The maximum Gasteiger partial charge on any atom is 0.698 e. The van der Waals surface area contributed by atoms with Crippen LogP contribution in [0.1, 0.15) is 39.0 Å². The highest BCUT2D eigenvalue weighted by Gasteiger charge is 2.38. The van der Waals surface area contributed by atoms with E-state index in [0.717, 1.165) is 0 Å². The lowest BCUT2D eigenvalue weighted by molar-refractivity contribution is -0.0257. The molecule has 0 aromatic carbocycles. The highest BCUT2D eigenvalue weighted by atomic mass is 31.1. The third kappa shape index (κ3) is 4.81. The summed E-state index contributed by atoms with van der Waals surface area (Å²) in [6, 6.07) is -0.396. The van der Waals surface area contributed by atoms with Crippen LogP contribution in [0.5, 0.6) is 0 Å². The second-order valence-corrected chi connectivity index (χ2v) is 7.62. The van der Waals surface area contributed by atoms with Gasteiger partial charge in [-0.25, -0.2) is 4.79 Å². The molecule has 0 bridgehead atoms. The van der Waals surface area contributed by atoms with Crippen molar-refractivity contribution in [1.82, 2.24) is 9.55 Å². The van der Waals surface area contributed by atoms with Crippen LogP contribution in [0.25, 0.3) is 0 Å². The van der Waals surface area contributed by atoms with E-state index in [1.807, 2.05) is 0 Å². The third-order valence-electron chi connectivity index (χ3n) is 3.43. The Hall–Kier alpha value is -1.38. The molecule has 10 heteroatoms. The van der Waals surface area contributed by atoms with Crippen LogP contribution < -0.4 is 17.0 Å². The normalized spacial score (nSPS) is 25.0. The SMILES string of the molecule is Cc1cn([C@H]2CC(N)[C@@H](CO[P+](=O)OC(C)(C)C)O2)c(=O)[nH]c1=O. The van der Waals surface area contributed by atoms with Gasteiger partial charge in [0.1, 0.15) is 24.5 Å². The zero-order valence-electron chi connectivity index (χ0n) is 14.1. The number of rotatable bonds is 5. The van der Waals surface area contributed by atoms with Crippen molar-refractivity contribution in [3.8, 4) is 0 Å². The molecule has 24 heavy (non-hydrogen) atoms. The van der Waals surface area contributed by atoms with Gasteiger partial charge < -0.3 is 10.5 Å². The molecule has 1 aliphatic heterocycles. The number of hydrogen-bond acceptors (Lipinski definition) is 7. The Morgan fingerprint density at radius 2 is 2.12 bits per heavy atom. The Labute approximate surface area is 140 Å². The molecule has 0 amide bonds. The minimum atomic E-state index is -2.29. The van der Waals surface area contributed by atoms with E-state index in [-0.39, 0.29) is 6.61 Å². The summed E-state index contributed by atoms with van der Waals surface area (Å²) < 4.78 is 29.1. The molecule has 1 aromatic heterocycles. The third-order valence-corrected chi connectivity index (χ3v) is 4.49. The number of hydrogen-bond donors (Lipinski definition) is 2. The van der Waals surface area contributed by atoms with Gasteiger partial charge in [0.05, 0.1) is 0 Å². The number of nitrogens with one attached hydrogen (secondary N) is 1. The zero-order chi connectivity index (χ0) is 18.1. The fourth-order valence-electron chi connectivity index (χ4n) is 2.27. The van der Waals surface area contributed by atoms with Crippen molar-refractivity contribution in [3.63, 3.8) is 0 Å². The van der Waals surface area contributed by atoms with Crippen molar-refractivity contribution in [2.24, 2.45) is 5.73 Å². The van der Waals surface area contributed by atoms with E-state index in [9.17, 15) is 14.2 Å². The van der Waals surface area contributed by atoms with Crippen molar-refractivity contribution in [3.05, 3.63) is 32.6 Å². The van der Waals surface area contributed by atoms with Gasteiger partial charge in [-0.15, -0.1) is 9.05 Å².